The molecule has 0 aliphatic heterocycles. The summed E-state index contributed by atoms with van der Waals surface area (Å²) < 4.78 is 0. The number of benzene rings is 10. The van der Waals surface area contributed by atoms with Gasteiger partial charge in [-0.05, 0) is 113 Å². The molecule has 0 N–H and O–H groups in total. The van der Waals surface area contributed by atoms with Gasteiger partial charge in [0.2, 0.25) is 0 Å². The zero-order valence-electron chi connectivity index (χ0n) is 33.8. The largest absolute Gasteiger partial charge is 0.310 e. The normalized spacial score (nSPS) is 12.6. The summed E-state index contributed by atoms with van der Waals surface area (Å²) in [5.74, 6) is 0. The first-order valence-electron chi connectivity index (χ1n) is 20.9. The average Bonchev–Trinajstić information content (AvgIpc) is 3.54. The van der Waals surface area contributed by atoms with Crippen LogP contribution < -0.4 is 4.90 Å². The van der Waals surface area contributed by atoms with E-state index < -0.39 is 0 Å². The molecule has 0 fully saturated rings. The molecule has 1 aliphatic carbocycles. The second-order valence-corrected chi connectivity index (χ2v) is 16.4. The van der Waals surface area contributed by atoms with E-state index in [0.29, 0.717) is 0 Å². The smallest absolute Gasteiger partial charge is 0.0540 e. The fraction of sp³-hybridized carbons (Fsp3) is 0.0508. The Bertz CT molecular complexity index is 3230. The number of anilines is 3. The maximum absolute atomic E-state index is 2.46. The molecule has 1 aliphatic rings. The Morgan fingerprint density at radius 1 is 0.300 bits per heavy atom. The Balaban J connectivity index is 1.10. The number of nitrogens with zero attached hydrogens (tertiary/aromatic N) is 1. The van der Waals surface area contributed by atoms with Crippen molar-refractivity contribution in [3.05, 3.63) is 236 Å². The minimum atomic E-state index is -0.0797. The molecule has 1 nitrogen and oxygen atoms in total. The summed E-state index contributed by atoms with van der Waals surface area (Å²) in [6, 6.07) is 82.4. The Labute approximate surface area is 352 Å². The number of rotatable bonds is 7. The van der Waals surface area contributed by atoms with Crippen LogP contribution in [0.3, 0.4) is 0 Å². The first-order valence-corrected chi connectivity index (χ1v) is 20.9. The van der Waals surface area contributed by atoms with Gasteiger partial charge in [0.1, 0.15) is 0 Å². The lowest BCUT2D eigenvalue weighted by Crippen LogP contribution is -2.15. The zero-order chi connectivity index (χ0) is 40.2. The molecule has 284 valence electrons. The molecule has 60 heavy (non-hydrogen) atoms. The van der Waals surface area contributed by atoms with E-state index in [1.807, 2.05) is 0 Å². The number of hydrogen-bond donors (Lipinski definition) is 0. The van der Waals surface area contributed by atoms with Gasteiger partial charge in [-0.25, -0.2) is 0 Å². The SMILES string of the molecule is CC1(C)c2ccccc2-c2cc(N(c3ccc(-c4cccc5c4ccc4ccccc45)cc3)c3ccccc3-c3ccccc3-c3ccccc3-c3ccccc3)ccc21. The van der Waals surface area contributed by atoms with Gasteiger partial charge >= 0.3 is 0 Å². The van der Waals surface area contributed by atoms with Gasteiger partial charge in [-0.1, -0.05) is 208 Å². The van der Waals surface area contributed by atoms with Gasteiger partial charge in [-0.3, -0.25) is 0 Å². The monoisotopic (exact) mass is 765 g/mol. The van der Waals surface area contributed by atoms with Gasteiger partial charge in [-0.2, -0.15) is 0 Å². The first-order chi connectivity index (χ1) is 29.5. The highest BCUT2D eigenvalue weighted by molar-refractivity contribution is 6.12. The lowest BCUT2D eigenvalue weighted by molar-refractivity contribution is 0.660. The minimum absolute atomic E-state index is 0.0797. The third-order valence-electron chi connectivity index (χ3n) is 12.7. The maximum Gasteiger partial charge on any atom is 0.0540 e. The standard InChI is InChI=1S/C59H43N/c1-59(2)56-29-14-12-25-53(56)55-39-44(36-38-57(55)59)60(43-34-31-42(32-35-43)47-27-16-28-49-46-20-7-6-19-41(46)33-37-52(47)49)58-30-15-13-26-54(58)51-24-11-10-23-50(51)48-22-9-8-21-45(48)40-17-4-3-5-18-40/h3-39H,1-2H3. The van der Waals surface area contributed by atoms with E-state index in [4.69, 9.17) is 0 Å². The van der Waals surface area contributed by atoms with Crippen molar-refractivity contribution >= 4 is 38.6 Å². The highest BCUT2D eigenvalue weighted by atomic mass is 15.1. The molecule has 0 saturated carbocycles. The third-order valence-corrected chi connectivity index (χ3v) is 12.7. The van der Waals surface area contributed by atoms with Crippen molar-refractivity contribution in [2.45, 2.75) is 19.3 Å². The Kier molecular flexibility index (Phi) is 8.57. The Morgan fingerprint density at radius 3 is 1.62 bits per heavy atom. The summed E-state index contributed by atoms with van der Waals surface area (Å²) in [4.78, 5) is 2.46. The second-order valence-electron chi connectivity index (χ2n) is 16.4. The quantitative estimate of drug-likeness (QED) is 0.146. The van der Waals surface area contributed by atoms with E-state index in [1.165, 1.54) is 88.3 Å². The van der Waals surface area contributed by atoms with E-state index in [0.717, 1.165) is 17.1 Å². The van der Waals surface area contributed by atoms with Gasteiger partial charge in [0.15, 0.2) is 0 Å². The van der Waals surface area contributed by atoms with Gasteiger partial charge in [0, 0.05) is 22.4 Å². The minimum Gasteiger partial charge on any atom is -0.310 e. The molecule has 1 heteroatoms. The van der Waals surface area contributed by atoms with E-state index in [1.54, 1.807) is 0 Å². The average molecular weight is 766 g/mol. The van der Waals surface area contributed by atoms with Gasteiger partial charge in [0.05, 0.1) is 5.69 Å². The topological polar surface area (TPSA) is 3.24 Å². The predicted octanol–water partition coefficient (Wildman–Crippen LogP) is 16.4. The molecule has 0 amide bonds. The van der Waals surface area contributed by atoms with E-state index in [9.17, 15) is 0 Å². The van der Waals surface area contributed by atoms with Crippen molar-refractivity contribution in [1.82, 2.24) is 0 Å². The van der Waals surface area contributed by atoms with Gasteiger partial charge < -0.3 is 4.90 Å². The molecule has 0 atom stereocenters. The number of fused-ring (bicyclic) bond motifs is 6. The molecule has 0 aromatic heterocycles. The summed E-state index contributed by atoms with van der Waals surface area (Å²) >= 11 is 0. The number of hydrogen-bond acceptors (Lipinski definition) is 1. The van der Waals surface area contributed by atoms with Crippen LogP contribution >= 0.6 is 0 Å². The van der Waals surface area contributed by atoms with Crippen LogP contribution in [0.5, 0.6) is 0 Å². The van der Waals surface area contributed by atoms with E-state index in [-0.39, 0.29) is 5.41 Å². The van der Waals surface area contributed by atoms with E-state index >= 15 is 0 Å². The molecular weight excluding hydrogens is 723 g/mol. The molecular formula is C59H43N. The molecule has 10 aromatic carbocycles. The molecule has 0 unspecified atom stereocenters. The molecule has 0 saturated heterocycles. The van der Waals surface area contributed by atoms with Gasteiger partial charge in [-0.15, -0.1) is 0 Å². The fourth-order valence-corrected chi connectivity index (χ4v) is 9.79. The maximum atomic E-state index is 2.46. The molecule has 11 rings (SSSR count). The summed E-state index contributed by atoms with van der Waals surface area (Å²) in [7, 11) is 0. The highest BCUT2D eigenvalue weighted by Gasteiger charge is 2.35. The van der Waals surface area contributed by atoms with Crippen molar-refractivity contribution in [2.75, 3.05) is 4.90 Å². The van der Waals surface area contributed by atoms with Crippen molar-refractivity contribution in [2.24, 2.45) is 0 Å². The lowest BCUT2D eigenvalue weighted by atomic mass is 9.82. The summed E-state index contributed by atoms with van der Waals surface area (Å²) in [5.41, 5.74) is 18.3. The van der Waals surface area contributed by atoms with Crippen LogP contribution in [0.15, 0.2) is 224 Å². The predicted molar refractivity (Wildman–Crippen MR) is 255 cm³/mol. The third kappa shape index (κ3) is 5.85. The van der Waals surface area contributed by atoms with E-state index in [2.05, 4.69) is 243 Å². The summed E-state index contributed by atoms with van der Waals surface area (Å²) in [6.07, 6.45) is 0. The molecule has 0 spiro atoms. The summed E-state index contributed by atoms with van der Waals surface area (Å²) in [5, 5.41) is 5.08. The van der Waals surface area contributed by atoms with Crippen LogP contribution in [-0.2, 0) is 5.41 Å². The van der Waals surface area contributed by atoms with Crippen molar-refractivity contribution in [3.8, 4) is 55.6 Å². The first kappa shape index (κ1) is 35.7. The Hall–Kier alpha value is -7.48. The van der Waals surface area contributed by atoms with Crippen LogP contribution in [0.4, 0.5) is 17.1 Å². The Morgan fingerprint density at radius 2 is 0.833 bits per heavy atom. The molecule has 10 aromatic rings. The van der Waals surface area contributed by atoms with Crippen LogP contribution in [0.25, 0.3) is 77.2 Å². The van der Waals surface area contributed by atoms with Crippen LogP contribution in [-0.4, -0.2) is 0 Å². The zero-order valence-corrected chi connectivity index (χ0v) is 33.8. The van der Waals surface area contributed by atoms with Crippen LogP contribution in [0.2, 0.25) is 0 Å². The van der Waals surface area contributed by atoms with Crippen molar-refractivity contribution in [1.29, 1.82) is 0 Å². The fourth-order valence-electron chi connectivity index (χ4n) is 9.79. The molecule has 0 bridgehead atoms. The van der Waals surface area contributed by atoms with Crippen LogP contribution in [0.1, 0.15) is 25.0 Å². The molecule has 0 heterocycles. The lowest BCUT2D eigenvalue weighted by Gasteiger charge is -2.30. The van der Waals surface area contributed by atoms with Crippen LogP contribution in [0, 0.1) is 0 Å². The van der Waals surface area contributed by atoms with Gasteiger partial charge in [0.25, 0.3) is 0 Å². The molecule has 0 radical (unpaired) electrons. The van der Waals surface area contributed by atoms with Crippen molar-refractivity contribution < 1.29 is 0 Å². The highest BCUT2D eigenvalue weighted by Crippen LogP contribution is 2.52. The van der Waals surface area contributed by atoms with Crippen molar-refractivity contribution in [3.63, 3.8) is 0 Å². The second kappa shape index (κ2) is 14.4. The number of para-hydroxylation sites is 1. The summed E-state index contributed by atoms with van der Waals surface area (Å²) in [6.45, 7) is 4.70.